The van der Waals surface area contributed by atoms with Crippen LogP contribution in [-0.4, -0.2) is 56.4 Å². The number of carboxylic acid groups (broad SMARTS) is 2. The van der Waals surface area contributed by atoms with E-state index in [2.05, 4.69) is 0 Å². The summed E-state index contributed by atoms with van der Waals surface area (Å²) in [6, 6.07) is 0. The van der Waals surface area contributed by atoms with Gasteiger partial charge in [0, 0.05) is 6.42 Å². The van der Waals surface area contributed by atoms with Crippen LogP contribution < -0.4 is 0 Å². The molecule has 0 aliphatic rings. The molecule has 0 aromatic heterocycles. The Morgan fingerprint density at radius 1 is 1.19 bits per heavy atom. The van der Waals surface area contributed by atoms with E-state index < -0.39 is 45.9 Å². The lowest BCUT2D eigenvalue weighted by atomic mass is 10.0. The van der Waals surface area contributed by atoms with Gasteiger partial charge < -0.3 is 20.4 Å². The van der Waals surface area contributed by atoms with E-state index in [1.165, 1.54) is 0 Å². The van der Waals surface area contributed by atoms with Gasteiger partial charge in [-0.25, -0.2) is 0 Å². The Balaban J connectivity index is 5.59. The summed E-state index contributed by atoms with van der Waals surface area (Å²) in [7, 11) is -5.32. The van der Waals surface area contributed by atoms with Crippen molar-refractivity contribution in [2.24, 2.45) is 0 Å². The maximum atomic E-state index is 10.9. The summed E-state index contributed by atoms with van der Waals surface area (Å²) >= 11 is 0. The molecule has 0 aliphatic carbocycles. The van der Waals surface area contributed by atoms with Crippen molar-refractivity contribution in [3.05, 3.63) is 0 Å². The second kappa shape index (κ2) is 4.74. The number of aliphatic carboxylic acids is 2. The highest BCUT2D eigenvalue weighted by Crippen LogP contribution is 2.27. The van der Waals surface area contributed by atoms with Crippen molar-refractivity contribution in [3.63, 3.8) is 0 Å². The largest absolute Gasteiger partial charge is 0.481 e. The summed E-state index contributed by atoms with van der Waals surface area (Å²) in [6.07, 6.45) is -5.23. The monoisotopic (exact) mass is 258 g/mol. The van der Waals surface area contributed by atoms with Gasteiger partial charge in [0.1, 0.15) is 0 Å². The van der Waals surface area contributed by atoms with E-state index in [4.69, 9.17) is 25.0 Å². The van der Waals surface area contributed by atoms with Gasteiger partial charge in [-0.3, -0.25) is 14.1 Å². The molecule has 1 atom stereocenters. The molecule has 0 aromatic rings. The Morgan fingerprint density at radius 3 is 1.81 bits per heavy atom. The maximum absolute atomic E-state index is 10.9. The predicted molar refractivity (Wildman–Crippen MR) is 47.0 cm³/mol. The molecular weight excluding hydrogens is 248 g/mol. The number of aliphatic hydroxyl groups excluding tert-OH is 1. The smallest absolute Gasteiger partial charge is 0.328 e. The zero-order valence-corrected chi connectivity index (χ0v) is 8.59. The van der Waals surface area contributed by atoms with Crippen molar-refractivity contribution in [1.82, 2.24) is 0 Å². The SMILES string of the molecule is O=C(O)CC(CC(O)O)(C(=O)O)S(=O)(=O)O. The number of carboxylic acids is 2. The lowest BCUT2D eigenvalue weighted by molar-refractivity contribution is -0.150. The molecule has 9 nitrogen and oxygen atoms in total. The Hall–Kier alpha value is -1.23. The van der Waals surface area contributed by atoms with Gasteiger partial charge in [0.25, 0.3) is 10.1 Å². The van der Waals surface area contributed by atoms with Crippen LogP contribution in [0.3, 0.4) is 0 Å². The quantitative estimate of drug-likeness (QED) is 0.264. The molecule has 0 amide bonds. The third-order valence-corrected chi connectivity index (χ3v) is 3.31. The second-order valence-electron chi connectivity index (χ2n) is 3.03. The molecule has 0 spiro atoms. The minimum Gasteiger partial charge on any atom is -0.481 e. The first-order valence-electron chi connectivity index (χ1n) is 3.81. The number of aliphatic hydroxyl groups is 2. The summed E-state index contributed by atoms with van der Waals surface area (Å²) in [4.78, 5) is 21.1. The van der Waals surface area contributed by atoms with Gasteiger partial charge in [0.05, 0.1) is 6.42 Å². The van der Waals surface area contributed by atoms with Gasteiger partial charge in [-0.1, -0.05) is 0 Å². The van der Waals surface area contributed by atoms with Gasteiger partial charge in [-0.15, -0.1) is 0 Å². The molecule has 0 heterocycles. The summed E-state index contributed by atoms with van der Waals surface area (Å²) < 4.78 is 27.2. The van der Waals surface area contributed by atoms with Crippen LogP contribution in [0.5, 0.6) is 0 Å². The molecule has 10 heteroatoms. The van der Waals surface area contributed by atoms with Gasteiger partial charge in [0.2, 0.25) is 4.75 Å². The Kier molecular flexibility index (Phi) is 4.37. The standard InChI is InChI=1S/C6H10O9S/c7-3(8)1-6(5(11)12,2-4(9)10)16(13,14)15/h3,7-8H,1-2H2,(H,9,10)(H,11,12)(H,13,14,15). The van der Waals surface area contributed by atoms with Crippen LogP contribution in [0, 0.1) is 0 Å². The Morgan fingerprint density at radius 2 is 1.62 bits per heavy atom. The van der Waals surface area contributed by atoms with Crippen LogP contribution >= 0.6 is 0 Å². The summed E-state index contributed by atoms with van der Waals surface area (Å²) in [5.41, 5.74) is 0. The summed E-state index contributed by atoms with van der Waals surface area (Å²) in [6.45, 7) is 0. The Labute approximate surface area is 89.7 Å². The van der Waals surface area contributed by atoms with E-state index in [-0.39, 0.29) is 0 Å². The highest BCUT2D eigenvalue weighted by atomic mass is 32.2. The van der Waals surface area contributed by atoms with Crippen molar-refractivity contribution in [2.75, 3.05) is 0 Å². The molecule has 94 valence electrons. The topological polar surface area (TPSA) is 169 Å². The number of hydrogen-bond donors (Lipinski definition) is 5. The fraction of sp³-hybridized carbons (Fsp3) is 0.667. The van der Waals surface area contributed by atoms with Crippen LogP contribution in [0.25, 0.3) is 0 Å². The lowest BCUT2D eigenvalue weighted by Gasteiger charge is -2.24. The van der Waals surface area contributed by atoms with Gasteiger partial charge in [0.15, 0.2) is 6.29 Å². The molecule has 0 saturated heterocycles. The number of hydrogen-bond acceptors (Lipinski definition) is 6. The molecule has 16 heavy (non-hydrogen) atoms. The van der Waals surface area contributed by atoms with Crippen molar-refractivity contribution < 1.29 is 43.0 Å². The van der Waals surface area contributed by atoms with Crippen LogP contribution in [0.15, 0.2) is 0 Å². The molecule has 0 radical (unpaired) electrons. The zero-order valence-electron chi connectivity index (χ0n) is 7.77. The first kappa shape index (κ1) is 14.8. The van der Waals surface area contributed by atoms with Crippen molar-refractivity contribution in [3.8, 4) is 0 Å². The van der Waals surface area contributed by atoms with Crippen LogP contribution in [-0.2, 0) is 19.7 Å². The fourth-order valence-electron chi connectivity index (χ4n) is 1.08. The molecule has 0 aromatic carbocycles. The average molecular weight is 258 g/mol. The minimum atomic E-state index is -5.32. The minimum absolute atomic E-state index is 1.35. The first-order chi connectivity index (χ1) is 7.03. The highest BCUT2D eigenvalue weighted by molar-refractivity contribution is 7.88. The molecule has 1 unspecified atom stereocenters. The van der Waals surface area contributed by atoms with Crippen molar-refractivity contribution in [2.45, 2.75) is 23.9 Å². The van der Waals surface area contributed by atoms with Crippen LogP contribution in [0.1, 0.15) is 12.8 Å². The number of rotatable bonds is 6. The van der Waals surface area contributed by atoms with Gasteiger partial charge in [-0.2, -0.15) is 8.42 Å². The molecule has 0 saturated carbocycles. The second-order valence-corrected chi connectivity index (χ2v) is 4.76. The maximum Gasteiger partial charge on any atom is 0.328 e. The highest BCUT2D eigenvalue weighted by Gasteiger charge is 2.53. The van der Waals surface area contributed by atoms with Crippen molar-refractivity contribution >= 4 is 22.1 Å². The predicted octanol–water partition coefficient (Wildman–Crippen LogP) is -2.13. The molecule has 0 rings (SSSR count). The average Bonchev–Trinajstić information content (AvgIpc) is 1.97. The van der Waals surface area contributed by atoms with Crippen LogP contribution in [0.4, 0.5) is 0 Å². The van der Waals surface area contributed by atoms with E-state index in [0.717, 1.165) is 0 Å². The summed E-state index contributed by atoms with van der Waals surface area (Å²) in [5.74, 6) is -3.99. The van der Waals surface area contributed by atoms with E-state index in [9.17, 15) is 18.0 Å². The van der Waals surface area contributed by atoms with E-state index in [1.54, 1.807) is 0 Å². The van der Waals surface area contributed by atoms with Crippen LogP contribution in [0.2, 0.25) is 0 Å². The molecule has 0 fully saturated rings. The zero-order chi connectivity index (χ0) is 13.1. The lowest BCUT2D eigenvalue weighted by Crippen LogP contribution is -2.50. The van der Waals surface area contributed by atoms with E-state index >= 15 is 0 Å². The molecule has 5 N–H and O–H groups in total. The first-order valence-corrected chi connectivity index (χ1v) is 5.25. The third kappa shape index (κ3) is 3.13. The third-order valence-electron chi connectivity index (χ3n) is 1.83. The Bertz CT molecular complexity index is 383. The molecule has 0 bridgehead atoms. The van der Waals surface area contributed by atoms with Crippen molar-refractivity contribution in [1.29, 1.82) is 0 Å². The molecular formula is C6H10O9S. The van der Waals surface area contributed by atoms with Gasteiger partial charge in [-0.05, 0) is 0 Å². The van der Waals surface area contributed by atoms with E-state index in [0.29, 0.717) is 0 Å². The number of carbonyl (C=O) groups is 2. The fourth-order valence-corrected chi connectivity index (χ4v) is 1.97. The normalized spacial score (nSPS) is 15.8. The van der Waals surface area contributed by atoms with E-state index in [1.807, 2.05) is 0 Å². The molecule has 0 aliphatic heterocycles. The summed E-state index contributed by atoms with van der Waals surface area (Å²) in [5, 5.41) is 34.1. The van der Waals surface area contributed by atoms with Gasteiger partial charge >= 0.3 is 11.9 Å².